The number of para-hydroxylation sites is 1. The first kappa shape index (κ1) is 7.91. The summed E-state index contributed by atoms with van der Waals surface area (Å²) in [4.78, 5) is 14.3. The van der Waals surface area contributed by atoms with Gasteiger partial charge in [-0.25, -0.2) is 9.18 Å². The smallest absolute Gasteiger partial charge is 0.352 e. The molecule has 1 N–H and O–H groups in total. The number of halogens is 1. The van der Waals surface area contributed by atoms with Crippen LogP contribution in [0.2, 0.25) is 0 Å². The zero-order chi connectivity index (χ0) is 9.47. The third-order valence-corrected chi connectivity index (χ3v) is 1.99. The summed E-state index contributed by atoms with van der Waals surface area (Å²) in [5.41, 5.74) is -1.97. The topological polar surface area (TPSA) is 49.7 Å². The highest BCUT2D eigenvalue weighted by molar-refractivity contribution is 6.03. The number of aliphatic imine (C=N–C) groups is 1. The van der Waals surface area contributed by atoms with Crippen molar-refractivity contribution >= 4 is 17.9 Å². The van der Waals surface area contributed by atoms with Crippen LogP contribution in [-0.2, 0) is 10.5 Å². The van der Waals surface area contributed by atoms with Crippen LogP contribution in [0.15, 0.2) is 29.3 Å². The summed E-state index contributed by atoms with van der Waals surface area (Å²) in [6, 6.07) is 6.28. The Balaban J connectivity index is 2.61. The number of fused-ring (bicyclic) bond motifs is 1. The van der Waals surface area contributed by atoms with Crippen LogP contribution in [0, 0.1) is 0 Å². The molecular weight excluding hydrogens is 173 g/mol. The quantitative estimate of drug-likeness (QED) is 0.712. The third kappa shape index (κ3) is 0.950. The van der Waals surface area contributed by atoms with E-state index in [1.807, 2.05) is 0 Å². The monoisotopic (exact) mass is 179 g/mol. The molecule has 0 spiro atoms. The molecule has 1 aliphatic rings. The maximum Gasteiger partial charge on any atom is 0.352 e. The number of nitrogens with zero attached hydrogens (tertiary/aromatic N) is 1. The van der Waals surface area contributed by atoms with Crippen molar-refractivity contribution < 1.29 is 14.3 Å². The van der Waals surface area contributed by atoms with Crippen LogP contribution >= 0.6 is 0 Å². The predicted octanol–water partition coefficient (Wildman–Crippen LogP) is 1.65. The molecule has 1 unspecified atom stereocenters. The molecule has 1 aliphatic heterocycles. The van der Waals surface area contributed by atoms with E-state index in [0.717, 1.165) is 6.21 Å². The van der Waals surface area contributed by atoms with Crippen molar-refractivity contribution in [1.82, 2.24) is 0 Å². The summed E-state index contributed by atoms with van der Waals surface area (Å²) in [5.74, 6) is -1.53. The number of aliphatic carboxylic acids is 1. The molecule has 13 heavy (non-hydrogen) atoms. The van der Waals surface area contributed by atoms with E-state index in [4.69, 9.17) is 5.11 Å². The lowest BCUT2D eigenvalue weighted by Crippen LogP contribution is -2.30. The molecule has 1 heterocycles. The molecule has 0 aliphatic carbocycles. The Bertz CT molecular complexity index is 402. The molecule has 1 aromatic carbocycles. The van der Waals surface area contributed by atoms with E-state index in [1.165, 1.54) is 6.07 Å². The summed E-state index contributed by atoms with van der Waals surface area (Å²) in [5, 5.41) is 8.65. The number of rotatable bonds is 1. The Kier molecular flexibility index (Phi) is 1.45. The van der Waals surface area contributed by atoms with Gasteiger partial charge in [-0.15, -0.1) is 0 Å². The molecule has 0 saturated carbocycles. The van der Waals surface area contributed by atoms with Gasteiger partial charge in [-0.05, 0) is 6.07 Å². The van der Waals surface area contributed by atoms with Crippen LogP contribution in [0.1, 0.15) is 5.56 Å². The van der Waals surface area contributed by atoms with Crippen LogP contribution in [0.25, 0.3) is 0 Å². The van der Waals surface area contributed by atoms with Crippen LogP contribution in [0.4, 0.5) is 10.1 Å². The average Bonchev–Trinajstić information content (AvgIpc) is 2.47. The number of carboxylic acid groups (broad SMARTS) is 1. The minimum Gasteiger partial charge on any atom is -0.478 e. The van der Waals surface area contributed by atoms with Gasteiger partial charge < -0.3 is 5.11 Å². The van der Waals surface area contributed by atoms with E-state index in [0.29, 0.717) is 5.69 Å². The maximum atomic E-state index is 13.7. The van der Waals surface area contributed by atoms with E-state index < -0.39 is 11.6 Å². The van der Waals surface area contributed by atoms with Gasteiger partial charge in [0.1, 0.15) is 0 Å². The highest BCUT2D eigenvalue weighted by Gasteiger charge is 2.44. The Morgan fingerprint density at radius 1 is 1.46 bits per heavy atom. The summed E-state index contributed by atoms with van der Waals surface area (Å²) in [6.45, 7) is 0. The molecule has 0 fully saturated rings. The Morgan fingerprint density at radius 3 is 2.85 bits per heavy atom. The average molecular weight is 179 g/mol. The van der Waals surface area contributed by atoms with Crippen LogP contribution in [0.3, 0.4) is 0 Å². The fourth-order valence-corrected chi connectivity index (χ4v) is 1.29. The second-order valence-electron chi connectivity index (χ2n) is 2.79. The van der Waals surface area contributed by atoms with Crippen molar-refractivity contribution in [3.8, 4) is 0 Å². The molecule has 2 rings (SSSR count). The van der Waals surface area contributed by atoms with Crippen molar-refractivity contribution in [2.75, 3.05) is 0 Å². The molecule has 0 amide bonds. The van der Waals surface area contributed by atoms with Gasteiger partial charge in [-0.1, -0.05) is 18.2 Å². The Hall–Kier alpha value is -1.71. The van der Waals surface area contributed by atoms with Gasteiger partial charge in [0.05, 0.1) is 11.9 Å². The first-order valence-electron chi connectivity index (χ1n) is 3.71. The normalized spacial score (nSPS) is 24.4. The van der Waals surface area contributed by atoms with E-state index in [-0.39, 0.29) is 5.56 Å². The first-order valence-corrected chi connectivity index (χ1v) is 3.71. The van der Waals surface area contributed by atoms with Crippen molar-refractivity contribution in [1.29, 1.82) is 0 Å². The van der Waals surface area contributed by atoms with Crippen molar-refractivity contribution in [2.45, 2.75) is 5.67 Å². The molecule has 3 nitrogen and oxygen atoms in total. The fraction of sp³-hybridized carbons (Fsp3) is 0.111. The standard InChI is InChI=1S/C9H6FNO2/c10-9(8(12)13)5-11-7-4-2-1-3-6(7)9/h1-5H,(H,12,13). The number of carboxylic acids is 1. The minimum absolute atomic E-state index is 0.0995. The molecule has 0 aromatic heterocycles. The molecule has 4 heteroatoms. The third-order valence-electron chi connectivity index (χ3n) is 1.99. The van der Waals surface area contributed by atoms with Gasteiger partial charge in [-0.3, -0.25) is 4.99 Å². The molecule has 1 aromatic rings. The zero-order valence-corrected chi connectivity index (χ0v) is 6.57. The summed E-state index contributed by atoms with van der Waals surface area (Å²) in [7, 11) is 0. The number of carbonyl (C=O) groups is 1. The van der Waals surface area contributed by atoms with E-state index in [9.17, 15) is 9.18 Å². The van der Waals surface area contributed by atoms with Crippen molar-refractivity contribution in [2.24, 2.45) is 4.99 Å². The lowest BCUT2D eigenvalue weighted by atomic mass is 9.98. The SMILES string of the molecule is O=C(O)C1(F)C=Nc2ccccc21. The Labute approximate surface area is 73.5 Å². The van der Waals surface area contributed by atoms with Crippen molar-refractivity contribution in [3.63, 3.8) is 0 Å². The van der Waals surface area contributed by atoms with Gasteiger partial charge >= 0.3 is 5.97 Å². The predicted molar refractivity (Wildman–Crippen MR) is 45.0 cm³/mol. The Morgan fingerprint density at radius 2 is 2.15 bits per heavy atom. The molecule has 0 saturated heterocycles. The second-order valence-corrected chi connectivity index (χ2v) is 2.79. The highest BCUT2D eigenvalue weighted by atomic mass is 19.1. The molecular formula is C9H6FNO2. The van der Waals surface area contributed by atoms with E-state index >= 15 is 0 Å². The summed E-state index contributed by atoms with van der Waals surface area (Å²) < 4.78 is 13.7. The maximum absolute atomic E-state index is 13.7. The van der Waals surface area contributed by atoms with Gasteiger partial charge in [-0.2, -0.15) is 0 Å². The molecule has 0 radical (unpaired) electrons. The number of benzene rings is 1. The first-order chi connectivity index (χ1) is 6.14. The zero-order valence-electron chi connectivity index (χ0n) is 6.57. The van der Waals surface area contributed by atoms with Gasteiger partial charge in [0, 0.05) is 5.56 Å². The van der Waals surface area contributed by atoms with Gasteiger partial charge in [0.15, 0.2) is 0 Å². The highest BCUT2D eigenvalue weighted by Crippen LogP contribution is 2.37. The lowest BCUT2D eigenvalue weighted by Gasteiger charge is -2.11. The fourth-order valence-electron chi connectivity index (χ4n) is 1.29. The number of alkyl halides is 1. The van der Waals surface area contributed by atoms with E-state index in [1.54, 1.807) is 18.2 Å². The second kappa shape index (κ2) is 2.39. The number of hydrogen-bond donors (Lipinski definition) is 1. The van der Waals surface area contributed by atoms with Gasteiger partial charge in [0.25, 0.3) is 5.67 Å². The van der Waals surface area contributed by atoms with Crippen LogP contribution in [0.5, 0.6) is 0 Å². The summed E-state index contributed by atoms with van der Waals surface area (Å²) in [6.07, 6.45) is 0.819. The minimum atomic E-state index is -2.45. The van der Waals surface area contributed by atoms with Crippen molar-refractivity contribution in [3.05, 3.63) is 29.8 Å². The van der Waals surface area contributed by atoms with E-state index in [2.05, 4.69) is 4.99 Å². The molecule has 66 valence electrons. The molecule has 0 bridgehead atoms. The number of hydrogen-bond acceptors (Lipinski definition) is 2. The largest absolute Gasteiger partial charge is 0.478 e. The van der Waals surface area contributed by atoms with Crippen LogP contribution in [-0.4, -0.2) is 17.3 Å². The lowest BCUT2D eigenvalue weighted by molar-refractivity contribution is -0.146. The summed E-state index contributed by atoms with van der Waals surface area (Å²) >= 11 is 0. The van der Waals surface area contributed by atoms with Crippen LogP contribution < -0.4 is 0 Å². The molecule has 1 atom stereocenters. The van der Waals surface area contributed by atoms with Gasteiger partial charge in [0.2, 0.25) is 0 Å².